The molecule has 1 unspecified atom stereocenters. The van der Waals surface area contributed by atoms with Gasteiger partial charge in [0.05, 0.1) is 0 Å². The van der Waals surface area contributed by atoms with Gasteiger partial charge in [-0.15, -0.1) is 0 Å². The van der Waals surface area contributed by atoms with E-state index in [2.05, 4.69) is 69.1 Å². The van der Waals surface area contributed by atoms with E-state index in [1.165, 1.54) is 24.1 Å². The lowest BCUT2D eigenvalue weighted by Crippen LogP contribution is -2.27. The zero-order valence-electron chi connectivity index (χ0n) is 13.9. The number of hydrogen-bond donors (Lipinski definition) is 1. The van der Waals surface area contributed by atoms with Gasteiger partial charge in [-0.25, -0.2) is 0 Å². The van der Waals surface area contributed by atoms with Crippen LogP contribution in [0.15, 0.2) is 24.3 Å². The molecule has 1 aromatic carbocycles. The Morgan fingerprint density at radius 1 is 1.00 bits per heavy atom. The molecule has 0 bridgehead atoms. The Morgan fingerprint density at radius 2 is 1.60 bits per heavy atom. The predicted octanol–water partition coefficient (Wildman–Crippen LogP) is 4.05. The van der Waals surface area contributed by atoms with Gasteiger partial charge >= 0.3 is 0 Å². The second-order valence-corrected chi connectivity index (χ2v) is 6.19. The highest BCUT2D eigenvalue weighted by Gasteiger charge is 2.08. The molecule has 2 nitrogen and oxygen atoms in total. The summed E-state index contributed by atoms with van der Waals surface area (Å²) >= 11 is 0. The van der Waals surface area contributed by atoms with E-state index in [9.17, 15) is 0 Å². The largest absolute Gasteiger partial charge is 0.310 e. The van der Waals surface area contributed by atoms with Crippen LogP contribution in [0.5, 0.6) is 0 Å². The summed E-state index contributed by atoms with van der Waals surface area (Å²) in [7, 11) is 0. The first-order chi connectivity index (χ1) is 9.55. The van der Waals surface area contributed by atoms with E-state index in [0.29, 0.717) is 6.04 Å². The van der Waals surface area contributed by atoms with E-state index in [1.54, 1.807) is 0 Å². The molecule has 20 heavy (non-hydrogen) atoms. The Bertz CT molecular complexity index is 356. The fourth-order valence-electron chi connectivity index (χ4n) is 2.22. The second kappa shape index (κ2) is 9.15. The van der Waals surface area contributed by atoms with Crippen LogP contribution in [-0.2, 0) is 13.1 Å². The first kappa shape index (κ1) is 17.2. The van der Waals surface area contributed by atoms with E-state index in [-0.39, 0.29) is 0 Å². The van der Waals surface area contributed by atoms with Crippen molar-refractivity contribution in [3.63, 3.8) is 0 Å². The highest BCUT2D eigenvalue weighted by atomic mass is 15.1. The third-order valence-electron chi connectivity index (χ3n) is 3.86. The molecule has 0 saturated carbocycles. The van der Waals surface area contributed by atoms with E-state index < -0.39 is 0 Å². The molecular weight excluding hydrogens is 244 g/mol. The maximum atomic E-state index is 3.46. The van der Waals surface area contributed by atoms with E-state index in [4.69, 9.17) is 0 Å². The molecule has 1 aromatic rings. The van der Waals surface area contributed by atoms with Gasteiger partial charge in [0.1, 0.15) is 0 Å². The van der Waals surface area contributed by atoms with Gasteiger partial charge in [-0.05, 0) is 23.6 Å². The number of hydrogen-bond acceptors (Lipinski definition) is 2. The lowest BCUT2D eigenvalue weighted by atomic mass is 10.1. The van der Waals surface area contributed by atoms with Crippen LogP contribution >= 0.6 is 0 Å². The van der Waals surface area contributed by atoms with Crippen molar-refractivity contribution in [3.05, 3.63) is 35.4 Å². The third kappa shape index (κ3) is 6.53. The topological polar surface area (TPSA) is 15.3 Å². The minimum absolute atomic E-state index is 0.542. The van der Waals surface area contributed by atoms with Crippen LogP contribution in [0.3, 0.4) is 0 Å². The molecule has 2 heteroatoms. The Hall–Kier alpha value is -0.860. The van der Waals surface area contributed by atoms with Crippen molar-refractivity contribution in [1.29, 1.82) is 0 Å². The first-order valence-corrected chi connectivity index (χ1v) is 8.08. The molecule has 1 atom stereocenters. The second-order valence-electron chi connectivity index (χ2n) is 6.19. The van der Waals surface area contributed by atoms with Crippen molar-refractivity contribution in [2.45, 2.75) is 60.2 Å². The van der Waals surface area contributed by atoms with Crippen molar-refractivity contribution in [2.75, 3.05) is 13.1 Å². The number of rotatable bonds is 9. The summed E-state index contributed by atoms with van der Waals surface area (Å²) in [5, 5.41) is 3.46. The van der Waals surface area contributed by atoms with Gasteiger partial charge in [-0.1, -0.05) is 65.3 Å². The van der Waals surface area contributed by atoms with E-state index in [1.807, 2.05) is 0 Å². The molecule has 0 aliphatic rings. The lowest BCUT2D eigenvalue weighted by Gasteiger charge is -2.23. The van der Waals surface area contributed by atoms with Gasteiger partial charge in [-0.2, -0.15) is 0 Å². The van der Waals surface area contributed by atoms with Crippen molar-refractivity contribution in [2.24, 2.45) is 5.92 Å². The zero-order chi connectivity index (χ0) is 15.0. The van der Waals surface area contributed by atoms with Crippen LogP contribution in [0, 0.1) is 5.92 Å². The smallest absolute Gasteiger partial charge is 0.0233 e. The van der Waals surface area contributed by atoms with Crippen LogP contribution < -0.4 is 5.32 Å². The molecule has 0 amide bonds. The van der Waals surface area contributed by atoms with Crippen LogP contribution in [0.1, 0.15) is 52.2 Å². The molecule has 0 aliphatic heterocycles. The van der Waals surface area contributed by atoms with Gasteiger partial charge in [0.15, 0.2) is 0 Å². The minimum Gasteiger partial charge on any atom is -0.310 e. The fraction of sp³-hybridized carbons (Fsp3) is 0.667. The van der Waals surface area contributed by atoms with Crippen LogP contribution in [-0.4, -0.2) is 24.0 Å². The standard InChI is InChI=1S/C18H32N2/c1-6-16(5)13-20(7-2)14-18-10-8-17(9-11-18)12-19-15(3)4/h8-11,15-16,19H,6-7,12-14H2,1-5H3. The fourth-order valence-corrected chi connectivity index (χ4v) is 2.22. The summed E-state index contributed by atoms with van der Waals surface area (Å²) in [4.78, 5) is 2.54. The predicted molar refractivity (Wildman–Crippen MR) is 88.8 cm³/mol. The third-order valence-corrected chi connectivity index (χ3v) is 3.86. The Labute approximate surface area is 125 Å². The summed E-state index contributed by atoms with van der Waals surface area (Å²) in [5.41, 5.74) is 2.79. The van der Waals surface area contributed by atoms with E-state index >= 15 is 0 Å². The molecule has 0 saturated heterocycles. The van der Waals surface area contributed by atoms with Crippen LogP contribution in [0.2, 0.25) is 0 Å². The maximum absolute atomic E-state index is 3.46. The molecule has 0 spiro atoms. The number of nitrogens with one attached hydrogen (secondary N) is 1. The first-order valence-electron chi connectivity index (χ1n) is 8.08. The van der Waals surface area contributed by atoms with Gasteiger partial charge in [-0.3, -0.25) is 4.90 Å². The summed E-state index contributed by atoms with van der Waals surface area (Å²) in [6.45, 7) is 15.6. The summed E-state index contributed by atoms with van der Waals surface area (Å²) in [6.07, 6.45) is 1.26. The number of benzene rings is 1. The molecule has 0 heterocycles. The highest BCUT2D eigenvalue weighted by molar-refractivity contribution is 5.22. The SMILES string of the molecule is CCC(C)CN(CC)Cc1ccc(CNC(C)C)cc1. The van der Waals surface area contributed by atoms with Crippen molar-refractivity contribution in [3.8, 4) is 0 Å². The van der Waals surface area contributed by atoms with Crippen molar-refractivity contribution in [1.82, 2.24) is 10.2 Å². The zero-order valence-corrected chi connectivity index (χ0v) is 13.9. The molecule has 0 radical (unpaired) electrons. The molecule has 0 aliphatic carbocycles. The summed E-state index contributed by atoms with van der Waals surface area (Å²) in [6, 6.07) is 9.59. The minimum atomic E-state index is 0.542. The van der Waals surface area contributed by atoms with Crippen LogP contribution in [0.4, 0.5) is 0 Å². The molecule has 114 valence electrons. The van der Waals surface area contributed by atoms with Crippen molar-refractivity contribution < 1.29 is 0 Å². The monoisotopic (exact) mass is 276 g/mol. The van der Waals surface area contributed by atoms with Crippen LogP contribution in [0.25, 0.3) is 0 Å². The Balaban J connectivity index is 2.50. The molecule has 1 N–H and O–H groups in total. The molecule has 0 fully saturated rings. The molecule has 0 aromatic heterocycles. The normalized spacial score (nSPS) is 13.2. The number of nitrogens with zero attached hydrogens (tertiary/aromatic N) is 1. The quantitative estimate of drug-likeness (QED) is 0.732. The van der Waals surface area contributed by atoms with Crippen molar-refractivity contribution >= 4 is 0 Å². The van der Waals surface area contributed by atoms with E-state index in [0.717, 1.165) is 25.6 Å². The van der Waals surface area contributed by atoms with Gasteiger partial charge < -0.3 is 5.32 Å². The van der Waals surface area contributed by atoms with Gasteiger partial charge in [0.2, 0.25) is 0 Å². The maximum Gasteiger partial charge on any atom is 0.0233 e. The molecular formula is C18H32N2. The van der Waals surface area contributed by atoms with Gasteiger partial charge in [0, 0.05) is 25.7 Å². The lowest BCUT2D eigenvalue weighted by molar-refractivity contribution is 0.238. The average molecular weight is 276 g/mol. The highest BCUT2D eigenvalue weighted by Crippen LogP contribution is 2.11. The summed E-state index contributed by atoms with van der Waals surface area (Å²) < 4.78 is 0. The Kier molecular flexibility index (Phi) is 7.86. The average Bonchev–Trinajstić information content (AvgIpc) is 2.45. The molecule has 1 rings (SSSR count). The Morgan fingerprint density at radius 3 is 2.10 bits per heavy atom. The summed E-state index contributed by atoms with van der Waals surface area (Å²) in [5.74, 6) is 0.782. The van der Waals surface area contributed by atoms with Gasteiger partial charge in [0.25, 0.3) is 0 Å².